The molecule has 242 valence electrons. The summed E-state index contributed by atoms with van der Waals surface area (Å²) in [6, 6.07) is -1.14. The minimum atomic E-state index is -6.72. The summed E-state index contributed by atoms with van der Waals surface area (Å²) < 4.78 is 240. The van der Waals surface area contributed by atoms with Crippen molar-refractivity contribution in [3.63, 3.8) is 0 Å². The number of hydrogen-bond donors (Lipinski definition) is 0. The van der Waals surface area contributed by atoms with Crippen molar-refractivity contribution < 1.29 is 79.5 Å². The van der Waals surface area contributed by atoms with Crippen molar-refractivity contribution in [2.24, 2.45) is 5.92 Å². The first-order chi connectivity index (χ1) is 20.0. The second-order valence-corrected chi connectivity index (χ2v) is 10.6. The van der Waals surface area contributed by atoms with Crippen LogP contribution in [0, 0.1) is 64.1 Å². The lowest BCUT2D eigenvalue weighted by molar-refractivity contribution is -0.520. The SMILES string of the molecule is CC1=[N+](C)[C@H](C)C([C@H]2C[B-](c3c(F)c(F)c(F)c(F)c3F)(c3c(F)c(F)c(F)c(F)c3F)OC(C(F)(F)F)(C(F)(F)F)C2)=C1. The second kappa shape index (κ2) is 10.4. The lowest BCUT2D eigenvalue weighted by atomic mass is 9.26. The molecule has 0 saturated carbocycles. The van der Waals surface area contributed by atoms with Crippen LogP contribution in [0.15, 0.2) is 11.6 Å². The van der Waals surface area contributed by atoms with Crippen LogP contribution in [0.1, 0.15) is 20.3 Å². The third-order valence-corrected chi connectivity index (χ3v) is 8.36. The summed E-state index contributed by atoms with van der Waals surface area (Å²) in [5.74, 6) is -33.4. The van der Waals surface area contributed by atoms with Crippen LogP contribution in [-0.4, -0.2) is 47.7 Å². The van der Waals surface area contributed by atoms with Crippen LogP contribution < -0.4 is 10.9 Å². The highest BCUT2D eigenvalue weighted by Gasteiger charge is 2.74. The van der Waals surface area contributed by atoms with E-state index < -0.39 is 124 Å². The third kappa shape index (κ3) is 4.50. The molecule has 0 amide bonds. The highest BCUT2D eigenvalue weighted by molar-refractivity contribution is 6.98. The van der Waals surface area contributed by atoms with Gasteiger partial charge in [-0.1, -0.05) is 10.9 Å². The fourth-order valence-corrected chi connectivity index (χ4v) is 6.06. The standard InChI is InChI=1S/C25H16BF16NO/c1-7-4-10(8(2)43(7)3)9-5-23(24(37,38)39,25(40,41)42)44-26(6-9,11-13(27)17(31)21(35)18(32)14(11)28)12-15(29)19(33)22(36)20(34)16(12)30/h4,8-9H,5-6H2,1-3H3/t8-,9-/m1/s1. The van der Waals surface area contributed by atoms with Gasteiger partial charge in [0, 0.05) is 25.5 Å². The number of likely N-dealkylation sites (N-methyl/N-ethyl adjacent to an activating group) is 1. The summed E-state index contributed by atoms with van der Waals surface area (Å²) in [6.07, 6.45) is -22.4. The number of benzene rings is 2. The van der Waals surface area contributed by atoms with Crippen LogP contribution in [0.5, 0.6) is 0 Å². The van der Waals surface area contributed by atoms with E-state index in [0.29, 0.717) is 0 Å². The van der Waals surface area contributed by atoms with Crippen LogP contribution in [0.2, 0.25) is 6.32 Å². The minimum Gasteiger partial charge on any atom is -0.564 e. The van der Waals surface area contributed by atoms with Crippen LogP contribution >= 0.6 is 0 Å². The summed E-state index contributed by atoms with van der Waals surface area (Å²) in [5.41, 5.74) is -11.5. The van der Waals surface area contributed by atoms with E-state index >= 15 is 17.6 Å². The smallest absolute Gasteiger partial charge is 0.422 e. The number of hydrogen-bond acceptors (Lipinski definition) is 1. The zero-order valence-corrected chi connectivity index (χ0v) is 22.1. The fraction of sp³-hybridized carbons (Fsp3) is 0.400. The molecule has 0 aromatic heterocycles. The van der Waals surface area contributed by atoms with Gasteiger partial charge < -0.3 is 4.65 Å². The molecule has 2 nitrogen and oxygen atoms in total. The van der Waals surface area contributed by atoms with Gasteiger partial charge in [0.15, 0.2) is 53.0 Å². The molecule has 2 aliphatic heterocycles. The van der Waals surface area contributed by atoms with E-state index in [2.05, 4.69) is 4.65 Å². The Morgan fingerprint density at radius 3 is 1.32 bits per heavy atom. The molecule has 2 aromatic rings. The molecule has 0 unspecified atom stereocenters. The van der Waals surface area contributed by atoms with Crippen LogP contribution in [0.4, 0.5) is 70.2 Å². The van der Waals surface area contributed by atoms with Gasteiger partial charge in [-0.25, -0.2) is 48.5 Å². The van der Waals surface area contributed by atoms with Crippen molar-refractivity contribution in [2.75, 3.05) is 7.05 Å². The number of halogens is 16. The molecule has 2 aliphatic rings. The average molecular weight is 661 g/mol. The molecule has 0 bridgehead atoms. The van der Waals surface area contributed by atoms with Gasteiger partial charge in [0.2, 0.25) is 5.60 Å². The monoisotopic (exact) mass is 661 g/mol. The minimum absolute atomic E-state index is 0.175. The Bertz CT molecular complexity index is 1480. The van der Waals surface area contributed by atoms with Gasteiger partial charge in [-0.3, -0.25) is 0 Å². The van der Waals surface area contributed by atoms with E-state index in [0.717, 1.165) is 6.08 Å². The first-order valence-corrected chi connectivity index (χ1v) is 12.3. The Morgan fingerprint density at radius 1 is 0.682 bits per heavy atom. The Hall–Kier alpha value is -3.25. The van der Waals surface area contributed by atoms with Crippen molar-refractivity contribution in [2.45, 2.75) is 50.6 Å². The van der Waals surface area contributed by atoms with Gasteiger partial charge in [-0.15, -0.1) is 6.32 Å². The van der Waals surface area contributed by atoms with Gasteiger partial charge in [0.1, 0.15) is 30.3 Å². The second-order valence-electron chi connectivity index (χ2n) is 10.6. The summed E-state index contributed by atoms with van der Waals surface area (Å²) in [6.45, 7) is 2.53. The molecule has 0 N–H and O–H groups in total. The zero-order valence-electron chi connectivity index (χ0n) is 22.1. The van der Waals surface area contributed by atoms with E-state index in [1.165, 1.54) is 25.5 Å². The average Bonchev–Trinajstić information content (AvgIpc) is 3.18. The number of rotatable bonds is 3. The summed E-state index contributed by atoms with van der Waals surface area (Å²) >= 11 is 0. The molecular formula is C25H16BF16NO. The van der Waals surface area contributed by atoms with Gasteiger partial charge in [0.25, 0.3) is 0 Å². The van der Waals surface area contributed by atoms with E-state index in [9.17, 15) is 52.7 Å². The number of nitrogens with zero attached hydrogens (tertiary/aromatic N) is 1. The maximum Gasteiger partial charge on any atom is 0.422 e. The number of allylic oxidation sites excluding steroid dienone is 1. The normalized spacial score (nSPS) is 22.1. The predicted molar refractivity (Wildman–Crippen MR) is 121 cm³/mol. The fourth-order valence-electron chi connectivity index (χ4n) is 6.06. The number of alkyl halides is 6. The van der Waals surface area contributed by atoms with Crippen LogP contribution in [-0.2, 0) is 4.65 Å². The summed E-state index contributed by atoms with van der Waals surface area (Å²) in [4.78, 5) is 0. The highest BCUT2D eigenvalue weighted by atomic mass is 19.4. The Morgan fingerprint density at radius 2 is 1.02 bits per heavy atom. The maximum atomic E-state index is 15.3. The molecule has 0 radical (unpaired) electrons. The molecule has 2 aromatic carbocycles. The molecule has 0 aliphatic carbocycles. The topological polar surface area (TPSA) is 12.2 Å². The quantitative estimate of drug-likeness (QED) is 0.121. The van der Waals surface area contributed by atoms with Crippen molar-refractivity contribution in [1.82, 2.24) is 0 Å². The molecule has 2 heterocycles. The predicted octanol–water partition coefficient (Wildman–Crippen LogP) is 6.47. The first kappa shape index (κ1) is 33.6. The van der Waals surface area contributed by atoms with E-state index in [1.807, 2.05) is 0 Å². The highest BCUT2D eigenvalue weighted by Crippen LogP contribution is 2.56. The Balaban J connectivity index is 2.30. The third-order valence-electron chi connectivity index (χ3n) is 8.36. The first-order valence-electron chi connectivity index (χ1n) is 12.3. The molecule has 1 fully saturated rings. The summed E-state index contributed by atoms with van der Waals surface area (Å²) in [5, 5.41) is 0. The van der Waals surface area contributed by atoms with E-state index in [-0.39, 0.29) is 5.71 Å². The van der Waals surface area contributed by atoms with E-state index in [1.54, 1.807) is 0 Å². The van der Waals surface area contributed by atoms with Crippen LogP contribution in [0.3, 0.4) is 0 Å². The largest absolute Gasteiger partial charge is 0.564 e. The lowest BCUT2D eigenvalue weighted by Gasteiger charge is -2.58. The molecule has 4 rings (SSSR count). The molecule has 0 spiro atoms. The van der Waals surface area contributed by atoms with Gasteiger partial charge in [-0.2, -0.15) is 26.3 Å². The van der Waals surface area contributed by atoms with Crippen LogP contribution in [0.25, 0.3) is 0 Å². The van der Waals surface area contributed by atoms with Crippen molar-refractivity contribution in [3.8, 4) is 0 Å². The Labute approximate surface area is 236 Å². The lowest BCUT2D eigenvalue weighted by Crippen LogP contribution is -2.77. The summed E-state index contributed by atoms with van der Waals surface area (Å²) in [7, 11) is 1.30. The van der Waals surface area contributed by atoms with E-state index in [4.69, 9.17) is 0 Å². The molecule has 44 heavy (non-hydrogen) atoms. The Kier molecular flexibility index (Phi) is 7.96. The molecule has 19 heteroatoms. The van der Waals surface area contributed by atoms with Crippen molar-refractivity contribution in [1.29, 1.82) is 0 Å². The molecule has 1 saturated heterocycles. The van der Waals surface area contributed by atoms with Crippen molar-refractivity contribution in [3.05, 3.63) is 69.8 Å². The zero-order chi connectivity index (χ0) is 33.6. The molecule has 2 atom stereocenters. The van der Waals surface area contributed by atoms with Gasteiger partial charge in [0.05, 0.1) is 0 Å². The van der Waals surface area contributed by atoms with Gasteiger partial charge in [-0.05, 0) is 12.3 Å². The molecular weight excluding hydrogens is 645 g/mol. The maximum absolute atomic E-state index is 15.3. The van der Waals surface area contributed by atoms with Crippen molar-refractivity contribution >= 4 is 23.0 Å². The van der Waals surface area contributed by atoms with Gasteiger partial charge >= 0.3 is 12.4 Å².